The number of halogens is 2. The van der Waals surface area contributed by atoms with Crippen molar-refractivity contribution in [3.8, 4) is 5.75 Å². The average Bonchev–Trinajstić information content (AvgIpc) is 3.25. The van der Waals surface area contributed by atoms with Crippen LogP contribution in [0.5, 0.6) is 5.75 Å². The highest BCUT2D eigenvalue weighted by Gasteiger charge is 2.23. The molecule has 12 heteroatoms. The highest BCUT2D eigenvalue weighted by Crippen LogP contribution is 2.26. The minimum Gasteiger partial charge on any atom is -0.497 e. The van der Waals surface area contributed by atoms with E-state index in [9.17, 15) is 14.7 Å². The highest BCUT2D eigenvalue weighted by atomic mass is 35.5. The quantitative estimate of drug-likeness (QED) is 0.251. The van der Waals surface area contributed by atoms with Crippen LogP contribution >= 0.6 is 35.0 Å². The van der Waals surface area contributed by atoms with Crippen molar-refractivity contribution in [3.05, 3.63) is 76.6 Å². The molecule has 1 aromatic heterocycles. The standard InChI is InChI=1S/C23H23Cl2N5O4S/c1-3-10-30-21(19(12-31)27-22(33)14-4-7-16(34-2)8-5-14)28-29-23(30)35-13-20(32)26-18-9-6-15(24)11-17(18)25/h3-9,11,19,31H,1,10,12-13H2,2H3,(H,26,32)(H,27,33)/t19-/m0/s1. The summed E-state index contributed by atoms with van der Waals surface area (Å²) in [6.07, 6.45) is 1.63. The zero-order chi connectivity index (χ0) is 25.4. The number of methoxy groups -OCH3 is 1. The van der Waals surface area contributed by atoms with Crippen LogP contribution in [0.15, 0.2) is 60.3 Å². The number of benzene rings is 2. The molecule has 0 saturated heterocycles. The summed E-state index contributed by atoms with van der Waals surface area (Å²) in [6, 6.07) is 10.5. The Hall–Kier alpha value is -3.05. The number of anilines is 1. The van der Waals surface area contributed by atoms with Crippen molar-refractivity contribution in [1.82, 2.24) is 20.1 Å². The summed E-state index contributed by atoms with van der Waals surface area (Å²) in [5.74, 6) is 0.276. The first kappa shape index (κ1) is 26.6. The summed E-state index contributed by atoms with van der Waals surface area (Å²) in [5.41, 5.74) is 0.836. The van der Waals surface area contributed by atoms with Gasteiger partial charge in [-0.05, 0) is 42.5 Å². The Morgan fingerprint density at radius 1 is 1.23 bits per heavy atom. The van der Waals surface area contributed by atoms with E-state index in [4.69, 9.17) is 27.9 Å². The molecule has 0 aliphatic rings. The van der Waals surface area contributed by atoms with E-state index in [-0.39, 0.29) is 11.7 Å². The number of allylic oxidation sites excluding steroid dienone is 1. The lowest BCUT2D eigenvalue weighted by Gasteiger charge is -2.17. The SMILES string of the molecule is C=CCn1c(SCC(=O)Nc2ccc(Cl)cc2Cl)nnc1[C@H](CO)NC(=O)c1ccc(OC)cc1. The van der Waals surface area contributed by atoms with Crippen molar-refractivity contribution in [1.29, 1.82) is 0 Å². The molecule has 1 atom stereocenters. The summed E-state index contributed by atoms with van der Waals surface area (Å²) in [5, 5.41) is 24.9. The highest BCUT2D eigenvalue weighted by molar-refractivity contribution is 7.99. The van der Waals surface area contributed by atoms with Crippen molar-refractivity contribution in [2.24, 2.45) is 0 Å². The molecule has 9 nitrogen and oxygen atoms in total. The number of aliphatic hydroxyl groups is 1. The van der Waals surface area contributed by atoms with Crippen LogP contribution in [0.25, 0.3) is 0 Å². The second kappa shape index (κ2) is 12.6. The van der Waals surface area contributed by atoms with Gasteiger partial charge in [0.15, 0.2) is 11.0 Å². The van der Waals surface area contributed by atoms with Crippen LogP contribution in [0.4, 0.5) is 5.69 Å². The summed E-state index contributed by atoms with van der Waals surface area (Å²) in [4.78, 5) is 25.1. The number of aliphatic hydroxyl groups excluding tert-OH is 1. The predicted octanol–water partition coefficient (Wildman–Crippen LogP) is 3.97. The van der Waals surface area contributed by atoms with Gasteiger partial charge in [0.1, 0.15) is 11.8 Å². The van der Waals surface area contributed by atoms with Crippen molar-refractivity contribution < 1.29 is 19.4 Å². The number of nitrogens with zero attached hydrogens (tertiary/aromatic N) is 3. The van der Waals surface area contributed by atoms with Crippen LogP contribution in [0.1, 0.15) is 22.2 Å². The van der Waals surface area contributed by atoms with E-state index in [1.54, 1.807) is 47.0 Å². The Morgan fingerprint density at radius 3 is 2.60 bits per heavy atom. The molecule has 3 aromatic rings. The van der Waals surface area contributed by atoms with Crippen LogP contribution in [0.2, 0.25) is 10.0 Å². The Labute approximate surface area is 216 Å². The molecule has 0 unspecified atom stereocenters. The maximum absolute atomic E-state index is 12.7. The van der Waals surface area contributed by atoms with Crippen LogP contribution < -0.4 is 15.4 Å². The van der Waals surface area contributed by atoms with Gasteiger partial charge in [-0.3, -0.25) is 9.59 Å². The maximum atomic E-state index is 12.7. The summed E-state index contributed by atoms with van der Waals surface area (Å²) in [6.45, 7) is 3.65. The third kappa shape index (κ3) is 6.98. The minimum absolute atomic E-state index is 0.0240. The van der Waals surface area contributed by atoms with Gasteiger partial charge in [-0.1, -0.05) is 41.0 Å². The van der Waals surface area contributed by atoms with Gasteiger partial charge in [0.05, 0.1) is 30.2 Å². The van der Waals surface area contributed by atoms with Gasteiger partial charge >= 0.3 is 0 Å². The normalized spacial score (nSPS) is 11.5. The monoisotopic (exact) mass is 535 g/mol. The number of thioether (sulfide) groups is 1. The topological polar surface area (TPSA) is 118 Å². The van der Waals surface area contributed by atoms with Crippen LogP contribution in [0.3, 0.4) is 0 Å². The van der Waals surface area contributed by atoms with Gasteiger partial charge in [-0.2, -0.15) is 0 Å². The summed E-state index contributed by atoms with van der Waals surface area (Å²) < 4.78 is 6.78. The fourth-order valence-corrected chi connectivity index (χ4v) is 4.26. The molecule has 0 bridgehead atoms. The van der Waals surface area contributed by atoms with Crippen molar-refractivity contribution in [2.75, 3.05) is 24.8 Å². The van der Waals surface area contributed by atoms with Crippen LogP contribution in [-0.2, 0) is 11.3 Å². The van der Waals surface area contributed by atoms with Crippen molar-refractivity contribution >= 4 is 52.5 Å². The van der Waals surface area contributed by atoms with Gasteiger partial charge in [0, 0.05) is 17.1 Å². The van der Waals surface area contributed by atoms with Gasteiger partial charge in [0.25, 0.3) is 5.91 Å². The lowest BCUT2D eigenvalue weighted by atomic mass is 10.2. The molecule has 2 aromatic carbocycles. The Bertz CT molecular complexity index is 1200. The molecule has 0 radical (unpaired) electrons. The second-order valence-electron chi connectivity index (χ2n) is 7.14. The van der Waals surface area contributed by atoms with E-state index in [2.05, 4.69) is 27.4 Å². The minimum atomic E-state index is -0.826. The van der Waals surface area contributed by atoms with Crippen LogP contribution in [0, 0.1) is 0 Å². The molecule has 2 amide bonds. The van der Waals surface area contributed by atoms with Crippen molar-refractivity contribution in [2.45, 2.75) is 17.7 Å². The summed E-state index contributed by atoms with van der Waals surface area (Å²) >= 11 is 13.1. The van der Waals surface area contributed by atoms with Crippen LogP contribution in [-0.4, -0.2) is 51.2 Å². The number of rotatable bonds is 11. The maximum Gasteiger partial charge on any atom is 0.251 e. The fourth-order valence-electron chi connectivity index (χ4n) is 3.05. The van der Waals surface area contributed by atoms with Gasteiger partial charge < -0.3 is 25.0 Å². The molecule has 184 valence electrons. The van der Waals surface area contributed by atoms with Gasteiger partial charge in [0.2, 0.25) is 5.91 Å². The van der Waals surface area contributed by atoms with E-state index in [0.29, 0.717) is 44.6 Å². The molecular weight excluding hydrogens is 513 g/mol. The third-order valence-corrected chi connectivity index (χ3v) is 6.26. The number of carbonyl (C=O) groups is 2. The number of hydrogen-bond acceptors (Lipinski definition) is 7. The number of aromatic nitrogens is 3. The van der Waals surface area contributed by atoms with Gasteiger partial charge in [-0.15, -0.1) is 16.8 Å². The molecule has 0 aliphatic carbocycles. The molecule has 35 heavy (non-hydrogen) atoms. The second-order valence-corrected chi connectivity index (χ2v) is 8.92. The number of ether oxygens (including phenoxy) is 1. The number of carbonyl (C=O) groups excluding carboxylic acids is 2. The van der Waals surface area contributed by atoms with E-state index in [1.807, 2.05) is 0 Å². The molecule has 3 N–H and O–H groups in total. The smallest absolute Gasteiger partial charge is 0.251 e. The van der Waals surface area contributed by atoms with Crippen molar-refractivity contribution in [3.63, 3.8) is 0 Å². The fraction of sp³-hybridized carbons (Fsp3) is 0.217. The van der Waals surface area contributed by atoms with E-state index in [0.717, 1.165) is 11.8 Å². The summed E-state index contributed by atoms with van der Waals surface area (Å²) in [7, 11) is 1.54. The van der Waals surface area contributed by atoms with E-state index >= 15 is 0 Å². The first-order chi connectivity index (χ1) is 16.9. The number of hydrogen-bond donors (Lipinski definition) is 3. The Balaban J connectivity index is 1.70. The number of amides is 2. The zero-order valence-corrected chi connectivity index (χ0v) is 21.0. The van der Waals surface area contributed by atoms with E-state index < -0.39 is 18.6 Å². The molecule has 0 aliphatic heterocycles. The Kier molecular flexibility index (Phi) is 9.55. The molecule has 0 spiro atoms. The number of nitrogens with one attached hydrogen (secondary N) is 2. The largest absolute Gasteiger partial charge is 0.497 e. The molecular formula is C23H23Cl2N5O4S. The lowest BCUT2D eigenvalue weighted by molar-refractivity contribution is -0.113. The molecule has 3 rings (SSSR count). The first-order valence-electron chi connectivity index (χ1n) is 10.3. The van der Waals surface area contributed by atoms with Gasteiger partial charge in [-0.25, -0.2) is 0 Å². The molecule has 1 heterocycles. The molecule has 0 fully saturated rings. The average molecular weight is 536 g/mol. The Morgan fingerprint density at radius 2 is 1.97 bits per heavy atom. The lowest BCUT2D eigenvalue weighted by Crippen LogP contribution is -2.33. The third-order valence-electron chi connectivity index (χ3n) is 4.75. The molecule has 0 saturated carbocycles. The first-order valence-corrected chi connectivity index (χ1v) is 12.1. The zero-order valence-electron chi connectivity index (χ0n) is 18.7. The predicted molar refractivity (Wildman–Crippen MR) is 136 cm³/mol. The van der Waals surface area contributed by atoms with E-state index in [1.165, 1.54) is 13.2 Å².